The maximum Gasteiger partial charge on any atom is 0.252 e. The Labute approximate surface area is 482 Å². The van der Waals surface area contributed by atoms with Gasteiger partial charge in [0.25, 0.3) is 6.71 Å². The van der Waals surface area contributed by atoms with Crippen molar-refractivity contribution in [1.82, 2.24) is 9.13 Å². The van der Waals surface area contributed by atoms with Gasteiger partial charge in [-0.3, -0.25) is 0 Å². The van der Waals surface area contributed by atoms with Crippen LogP contribution in [0.2, 0.25) is 0 Å². The molecule has 5 heteroatoms. The molecule has 2 aromatic heterocycles. The lowest BCUT2D eigenvalue weighted by atomic mass is 9.33. The lowest BCUT2D eigenvalue weighted by molar-refractivity contribution is 1.18. The quantitative estimate of drug-likeness (QED) is 0.141. The van der Waals surface area contributed by atoms with Crippen LogP contribution < -0.4 is 26.2 Å². The predicted octanol–water partition coefficient (Wildman–Crippen LogP) is 18.6. The highest BCUT2D eigenvalue weighted by Crippen LogP contribution is 2.46. The summed E-state index contributed by atoms with van der Waals surface area (Å²) in [6.07, 6.45) is 0. The molecule has 0 bridgehead atoms. The van der Waals surface area contributed by atoms with Crippen molar-refractivity contribution in [2.24, 2.45) is 0 Å². The molecule has 0 atom stereocenters. The first-order valence-corrected chi connectivity index (χ1v) is 28.7. The number of hydrogen-bond donors (Lipinski definition) is 0. The molecule has 0 amide bonds. The van der Waals surface area contributed by atoms with Gasteiger partial charge in [0.1, 0.15) is 0 Å². The fourth-order valence-corrected chi connectivity index (χ4v) is 13.7. The molecule has 0 radical (unpaired) electrons. The van der Waals surface area contributed by atoms with E-state index < -0.39 is 0 Å². The monoisotopic (exact) mass is 1050 g/mol. The van der Waals surface area contributed by atoms with Gasteiger partial charge >= 0.3 is 0 Å². The van der Waals surface area contributed by atoms with Gasteiger partial charge in [0, 0.05) is 67.0 Å². The van der Waals surface area contributed by atoms with Crippen molar-refractivity contribution < 1.29 is 0 Å². The van der Waals surface area contributed by atoms with Crippen LogP contribution in [0.1, 0.15) is 0 Å². The number of nitrogens with zero attached hydrogens (tertiary/aromatic N) is 4. The Bertz CT molecular complexity index is 4700. The Morgan fingerprint density at radius 3 is 0.916 bits per heavy atom. The van der Waals surface area contributed by atoms with E-state index in [4.69, 9.17) is 0 Å². The van der Waals surface area contributed by atoms with Crippen LogP contribution in [0.4, 0.5) is 34.1 Å². The van der Waals surface area contributed by atoms with Crippen molar-refractivity contribution in [3.63, 3.8) is 0 Å². The summed E-state index contributed by atoms with van der Waals surface area (Å²) in [4.78, 5) is 4.99. The maximum absolute atomic E-state index is 2.49. The van der Waals surface area contributed by atoms with Gasteiger partial charge in [-0.2, -0.15) is 0 Å². The number of anilines is 6. The van der Waals surface area contributed by atoms with E-state index in [1.807, 2.05) is 0 Å². The van der Waals surface area contributed by atoms with Gasteiger partial charge in [-0.1, -0.05) is 200 Å². The minimum absolute atomic E-state index is 0.00974. The van der Waals surface area contributed by atoms with Gasteiger partial charge in [0.05, 0.1) is 22.1 Å². The second-order valence-electron chi connectivity index (χ2n) is 22.0. The zero-order valence-corrected chi connectivity index (χ0v) is 45.3. The zero-order valence-electron chi connectivity index (χ0n) is 45.3. The molecule has 0 aliphatic carbocycles. The first-order chi connectivity index (χ1) is 41.2. The van der Waals surface area contributed by atoms with Gasteiger partial charge in [0.2, 0.25) is 0 Å². The fraction of sp³-hybridized carbons (Fsp3) is 0. The Kier molecular flexibility index (Phi) is 10.7. The molecular formula is C78H51BN4. The minimum atomic E-state index is -0.00974. The number of para-hydroxylation sites is 6. The molecule has 0 fully saturated rings. The van der Waals surface area contributed by atoms with Crippen LogP contribution in [-0.4, -0.2) is 15.8 Å². The summed E-state index contributed by atoms with van der Waals surface area (Å²) in [7, 11) is 0. The highest BCUT2D eigenvalue weighted by molar-refractivity contribution is 7.00. The molecule has 17 rings (SSSR count). The van der Waals surface area contributed by atoms with E-state index in [2.05, 4.69) is 328 Å². The van der Waals surface area contributed by atoms with Crippen LogP contribution in [0.25, 0.3) is 99.5 Å². The smallest absolute Gasteiger partial charge is 0.252 e. The highest BCUT2D eigenvalue weighted by Gasteiger charge is 2.43. The van der Waals surface area contributed by atoms with E-state index in [0.717, 1.165) is 11.4 Å². The minimum Gasteiger partial charge on any atom is -0.311 e. The van der Waals surface area contributed by atoms with Crippen molar-refractivity contribution in [3.8, 4) is 55.9 Å². The Morgan fingerprint density at radius 2 is 0.518 bits per heavy atom. The average molecular weight is 1060 g/mol. The number of fused-ring (bicyclic) bond motifs is 10. The molecule has 2 aliphatic rings. The third-order valence-corrected chi connectivity index (χ3v) is 17.5. The zero-order chi connectivity index (χ0) is 54.5. The van der Waals surface area contributed by atoms with Crippen molar-refractivity contribution >= 4 is 101 Å². The van der Waals surface area contributed by atoms with Gasteiger partial charge in [0.15, 0.2) is 0 Å². The molecule has 0 saturated heterocycles. The number of rotatable bonds is 8. The topological polar surface area (TPSA) is 16.3 Å². The summed E-state index contributed by atoms with van der Waals surface area (Å²) < 4.78 is 4.75. The summed E-state index contributed by atoms with van der Waals surface area (Å²) in [5.74, 6) is 0. The molecule has 0 N–H and O–H groups in total. The molecule has 4 heterocycles. The fourth-order valence-electron chi connectivity index (χ4n) is 13.7. The highest BCUT2D eigenvalue weighted by atomic mass is 15.2. The Morgan fingerprint density at radius 1 is 0.205 bits per heavy atom. The lowest BCUT2D eigenvalue weighted by Gasteiger charge is -2.44. The molecule has 83 heavy (non-hydrogen) atoms. The molecule has 15 aromatic rings. The molecule has 0 unspecified atom stereocenters. The SMILES string of the molecule is c1ccc(N2c3cc(-c4ccc(-c5ccc6c(c5)c5ccccc5n6-c5ccccc5)cc4)ccc3B3c4ccc(-c5ccc(-c6ccc7c(c6)c6ccccc6n7-c6ccccc6)cc5)cc4N(c4ccccc4)c4cccc2c43)cc1. The molecule has 0 spiro atoms. The van der Waals surface area contributed by atoms with Gasteiger partial charge in [-0.25, -0.2) is 0 Å². The molecule has 386 valence electrons. The van der Waals surface area contributed by atoms with Crippen LogP contribution in [0, 0.1) is 0 Å². The van der Waals surface area contributed by atoms with Gasteiger partial charge < -0.3 is 18.9 Å². The van der Waals surface area contributed by atoms with Crippen LogP contribution in [0.5, 0.6) is 0 Å². The number of benzene rings is 13. The predicted molar refractivity (Wildman–Crippen MR) is 351 cm³/mol. The van der Waals surface area contributed by atoms with E-state index in [1.165, 1.54) is 139 Å². The van der Waals surface area contributed by atoms with Crippen molar-refractivity contribution in [1.29, 1.82) is 0 Å². The molecule has 4 nitrogen and oxygen atoms in total. The number of aromatic nitrogens is 2. The maximum atomic E-state index is 2.49. The summed E-state index contributed by atoms with van der Waals surface area (Å²) >= 11 is 0. The molecule has 0 saturated carbocycles. The summed E-state index contributed by atoms with van der Waals surface area (Å²) in [5.41, 5.74) is 27.6. The normalized spacial score (nSPS) is 12.5. The van der Waals surface area contributed by atoms with E-state index in [1.54, 1.807) is 0 Å². The van der Waals surface area contributed by atoms with Crippen molar-refractivity contribution in [2.45, 2.75) is 0 Å². The van der Waals surface area contributed by atoms with Crippen molar-refractivity contribution in [3.05, 3.63) is 309 Å². The third-order valence-electron chi connectivity index (χ3n) is 17.5. The molecular weight excluding hydrogens is 1000 g/mol. The van der Waals surface area contributed by atoms with E-state index in [-0.39, 0.29) is 6.71 Å². The van der Waals surface area contributed by atoms with Crippen LogP contribution in [0.15, 0.2) is 309 Å². The number of hydrogen-bond acceptors (Lipinski definition) is 2. The standard InChI is InChI=1S/C78H51BN4/c1-5-18-60(19-6-1)80-70-28-15-13-26-64(70)66-48-56(42-46-72(66)80)52-32-36-54(37-33-52)58-40-44-68-76(50-58)82(62-22-9-3-10-23-62)74-30-17-31-75-78(74)79(68)69-45-41-59(51-77(69)83(75)63-24-11-4-12-25-63)55-38-34-53(35-39-55)57-43-47-73-67(49-57)65-27-14-16-29-71(65)81(73)61-20-7-2-8-21-61/h1-51H. The van der Waals surface area contributed by atoms with Crippen molar-refractivity contribution in [2.75, 3.05) is 9.80 Å². The van der Waals surface area contributed by atoms with Crippen LogP contribution in [-0.2, 0) is 0 Å². The van der Waals surface area contributed by atoms with Crippen LogP contribution >= 0.6 is 0 Å². The average Bonchev–Trinajstić information content (AvgIpc) is 2.83. The largest absolute Gasteiger partial charge is 0.311 e. The van der Waals surface area contributed by atoms with Gasteiger partial charge in [-0.05, 0) is 170 Å². The Balaban J connectivity index is 0.754. The van der Waals surface area contributed by atoms with E-state index >= 15 is 0 Å². The second kappa shape index (κ2) is 18.9. The first-order valence-electron chi connectivity index (χ1n) is 28.7. The molecule has 13 aromatic carbocycles. The molecule has 2 aliphatic heterocycles. The first kappa shape index (κ1) is 47.0. The lowest BCUT2D eigenvalue weighted by Crippen LogP contribution is -2.61. The summed E-state index contributed by atoms with van der Waals surface area (Å²) in [6, 6.07) is 114. The second-order valence-corrected chi connectivity index (χ2v) is 22.0. The summed E-state index contributed by atoms with van der Waals surface area (Å²) in [6.45, 7) is -0.00974. The third kappa shape index (κ3) is 7.48. The van der Waals surface area contributed by atoms with Crippen LogP contribution in [0.3, 0.4) is 0 Å². The Hall–Kier alpha value is -10.9. The summed E-state index contributed by atoms with van der Waals surface area (Å²) in [5, 5.41) is 5.01. The van der Waals surface area contributed by atoms with E-state index in [0.29, 0.717) is 0 Å². The van der Waals surface area contributed by atoms with E-state index in [9.17, 15) is 0 Å². The van der Waals surface area contributed by atoms with Gasteiger partial charge in [-0.15, -0.1) is 0 Å².